The molecule has 2 N–H and O–H groups in total. The highest BCUT2D eigenvalue weighted by Gasteiger charge is 2.30. The Hall–Kier alpha value is -1.45. The number of sulfonamides is 1. The predicted octanol–water partition coefficient (Wildman–Crippen LogP) is 1.37. The van der Waals surface area contributed by atoms with Gasteiger partial charge in [0.15, 0.2) is 0 Å². The van der Waals surface area contributed by atoms with E-state index in [9.17, 15) is 18.0 Å². The van der Waals surface area contributed by atoms with Crippen molar-refractivity contribution in [3.05, 3.63) is 17.0 Å². The first kappa shape index (κ1) is 17.9. The number of carboxylic acid groups (broad SMARTS) is 1. The molecule has 1 aromatic rings. The van der Waals surface area contributed by atoms with E-state index in [-0.39, 0.29) is 9.09 Å². The number of nitrogens with zero attached hydrogens (tertiary/aromatic N) is 1. The molecule has 9 heteroatoms. The third-order valence-corrected chi connectivity index (χ3v) is 7.31. The first-order chi connectivity index (χ1) is 10.7. The molecule has 0 unspecified atom stereocenters. The lowest BCUT2D eigenvalue weighted by atomic mass is 10.0. The predicted molar refractivity (Wildman–Crippen MR) is 86.0 cm³/mol. The fourth-order valence-electron chi connectivity index (χ4n) is 2.26. The van der Waals surface area contributed by atoms with Gasteiger partial charge in [-0.2, -0.15) is 4.31 Å². The van der Waals surface area contributed by atoms with Crippen LogP contribution in [0.2, 0.25) is 0 Å². The Morgan fingerprint density at radius 1 is 1.35 bits per heavy atom. The average Bonchev–Trinajstić information content (AvgIpc) is 2.98. The van der Waals surface area contributed by atoms with Crippen molar-refractivity contribution >= 4 is 33.2 Å². The normalized spacial score (nSPS) is 18.5. The second-order valence-electron chi connectivity index (χ2n) is 5.74. The van der Waals surface area contributed by atoms with Crippen molar-refractivity contribution < 1.29 is 23.1 Å². The number of amides is 1. The summed E-state index contributed by atoms with van der Waals surface area (Å²) in [6.07, 6.45) is 1.65. The summed E-state index contributed by atoms with van der Waals surface area (Å²) in [7, 11) is -3.59. The molecular weight excluding hydrogens is 340 g/mol. The molecule has 0 spiro atoms. The lowest BCUT2D eigenvalue weighted by molar-refractivity contribution is -0.138. The average molecular weight is 360 g/mol. The molecule has 0 bridgehead atoms. The van der Waals surface area contributed by atoms with Crippen molar-refractivity contribution in [2.75, 3.05) is 13.1 Å². The lowest BCUT2D eigenvalue weighted by Crippen LogP contribution is -2.38. The Morgan fingerprint density at radius 3 is 2.52 bits per heavy atom. The van der Waals surface area contributed by atoms with Gasteiger partial charge in [0, 0.05) is 13.1 Å². The van der Waals surface area contributed by atoms with E-state index < -0.39 is 27.9 Å². The number of nitrogens with one attached hydrogen (secondary N) is 1. The Bertz CT molecular complexity index is 690. The minimum absolute atomic E-state index is 0.111. The summed E-state index contributed by atoms with van der Waals surface area (Å²) in [6.45, 7) is 4.42. The zero-order chi connectivity index (χ0) is 17.2. The standard InChI is InChI=1S/C14H20N2O5S2/c1-9-5-7-16(8-6-9)23(20,21)12-4-3-11(22-12)13(17)15-10(2)14(18)19/h3-4,9-10H,5-8H2,1-2H3,(H,15,17)(H,18,19)/t10-/m0/s1. The van der Waals surface area contributed by atoms with Gasteiger partial charge in [-0.05, 0) is 37.8 Å². The second-order valence-corrected chi connectivity index (χ2v) is 8.99. The number of carboxylic acids is 1. The van der Waals surface area contributed by atoms with Crippen molar-refractivity contribution in [1.82, 2.24) is 9.62 Å². The highest BCUT2D eigenvalue weighted by Crippen LogP contribution is 2.28. The molecule has 0 radical (unpaired) electrons. The molecule has 1 saturated heterocycles. The summed E-state index contributed by atoms with van der Waals surface area (Å²) in [6, 6.07) is 1.78. The molecule has 2 heterocycles. The minimum atomic E-state index is -3.59. The number of aliphatic carboxylic acids is 1. The van der Waals surface area contributed by atoms with Gasteiger partial charge < -0.3 is 10.4 Å². The molecule has 1 fully saturated rings. The minimum Gasteiger partial charge on any atom is -0.480 e. The third-order valence-electron chi connectivity index (χ3n) is 3.86. The summed E-state index contributed by atoms with van der Waals surface area (Å²) in [5.41, 5.74) is 0. The summed E-state index contributed by atoms with van der Waals surface area (Å²) in [5, 5.41) is 11.1. The Labute approximate surface area is 139 Å². The molecule has 1 aromatic heterocycles. The number of carbonyl (C=O) groups excluding carboxylic acids is 1. The Balaban J connectivity index is 2.12. The van der Waals surface area contributed by atoms with Crippen molar-refractivity contribution in [2.24, 2.45) is 5.92 Å². The summed E-state index contributed by atoms with van der Waals surface area (Å²) >= 11 is 0.861. The number of rotatable bonds is 5. The van der Waals surface area contributed by atoms with Crippen LogP contribution in [0.1, 0.15) is 36.4 Å². The van der Waals surface area contributed by atoms with Crippen molar-refractivity contribution in [2.45, 2.75) is 36.9 Å². The highest BCUT2D eigenvalue weighted by atomic mass is 32.2. The molecular formula is C14H20N2O5S2. The van der Waals surface area contributed by atoms with E-state index in [0.717, 1.165) is 24.2 Å². The van der Waals surface area contributed by atoms with Gasteiger partial charge in [-0.25, -0.2) is 8.42 Å². The van der Waals surface area contributed by atoms with E-state index in [1.807, 2.05) is 0 Å². The van der Waals surface area contributed by atoms with E-state index >= 15 is 0 Å². The van der Waals surface area contributed by atoms with E-state index in [4.69, 9.17) is 5.11 Å². The molecule has 1 aliphatic rings. The number of hydrogen-bond donors (Lipinski definition) is 2. The van der Waals surface area contributed by atoms with Gasteiger partial charge in [0.1, 0.15) is 10.3 Å². The Morgan fingerprint density at radius 2 is 1.96 bits per heavy atom. The van der Waals surface area contributed by atoms with E-state index in [1.54, 1.807) is 0 Å². The smallest absolute Gasteiger partial charge is 0.325 e. The maximum absolute atomic E-state index is 12.6. The van der Waals surface area contributed by atoms with Crippen LogP contribution in [-0.2, 0) is 14.8 Å². The third kappa shape index (κ3) is 4.10. The molecule has 2 rings (SSSR count). The van der Waals surface area contributed by atoms with E-state index in [2.05, 4.69) is 12.2 Å². The topological polar surface area (TPSA) is 104 Å². The zero-order valence-corrected chi connectivity index (χ0v) is 14.6. The van der Waals surface area contributed by atoms with Crippen LogP contribution in [-0.4, -0.2) is 48.8 Å². The summed E-state index contributed by atoms with van der Waals surface area (Å²) in [5.74, 6) is -1.22. The molecule has 7 nitrogen and oxygen atoms in total. The maximum atomic E-state index is 12.6. The molecule has 1 atom stereocenters. The van der Waals surface area contributed by atoms with E-state index in [1.165, 1.54) is 23.4 Å². The number of thiophene rings is 1. The van der Waals surface area contributed by atoms with Crippen LogP contribution >= 0.6 is 11.3 Å². The van der Waals surface area contributed by atoms with Crippen LogP contribution in [0.3, 0.4) is 0 Å². The van der Waals surface area contributed by atoms with Crippen molar-refractivity contribution in [3.8, 4) is 0 Å². The first-order valence-electron chi connectivity index (χ1n) is 7.35. The number of carbonyl (C=O) groups is 2. The quantitative estimate of drug-likeness (QED) is 0.825. The van der Waals surface area contributed by atoms with Crippen molar-refractivity contribution in [1.29, 1.82) is 0 Å². The molecule has 128 valence electrons. The van der Waals surface area contributed by atoms with E-state index in [0.29, 0.717) is 19.0 Å². The zero-order valence-electron chi connectivity index (χ0n) is 13.0. The monoisotopic (exact) mass is 360 g/mol. The van der Waals surface area contributed by atoms with Crippen LogP contribution in [0.4, 0.5) is 0 Å². The number of hydrogen-bond acceptors (Lipinski definition) is 5. The molecule has 23 heavy (non-hydrogen) atoms. The van der Waals surface area contributed by atoms with Crippen LogP contribution in [0.25, 0.3) is 0 Å². The van der Waals surface area contributed by atoms with Gasteiger partial charge in [0.05, 0.1) is 4.88 Å². The van der Waals surface area contributed by atoms with Gasteiger partial charge in [-0.1, -0.05) is 6.92 Å². The van der Waals surface area contributed by atoms with Crippen LogP contribution in [0, 0.1) is 5.92 Å². The second kappa shape index (κ2) is 6.98. The SMILES string of the molecule is CC1CCN(S(=O)(=O)c2ccc(C(=O)N[C@@H](C)C(=O)O)s2)CC1. The molecule has 0 saturated carbocycles. The summed E-state index contributed by atoms with van der Waals surface area (Å²) in [4.78, 5) is 22.9. The van der Waals surface area contributed by atoms with Gasteiger partial charge in [-0.3, -0.25) is 9.59 Å². The van der Waals surface area contributed by atoms with Crippen molar-refractivity contribution in [3.63, 3.8) is 0 Å². The van der Waals surface area contributed by atoms with Gasteiger partial charge in [-0.15, -0.1) is 11.3 Å². The fourth-order valence-corrected chi connectivity index (χ4v) is 5.10. The summed E-state index contributed by atoms with van der Waals surface area (Å²) < 4.78 is 26.7. The highest BCUT2D eigenvalue weighted by molar-refractivity contribution is 7.91. The molecule has 0 aromatic carbocycles. The van der Waals surface area contributed by atoms with Crippen LogP contribution in [0.15, 0.2) is 16.3 Å². The van der Waals surface area contributed by atoms with Gasteiger partial charge in [0.25, 0.3) is 15.9 Å². The molecule has 1 amide bonds. The van der Waals surface area contributed by atoms with Crippen LogP contribution < -0.4 is 5.32 Å². The van der Waals surface area contributed by atoms with Crippen LogP contribution in [0.5, 0.6) is 0 Å². The van der Waals surface area contributed by atoms with Gasteiger partial charge >= 0.3 is 5.97 Å². The lowest BCUT2D eigenvalue weighted by Gasteiger charge is -2.28. The largest absolute Gasteiger partial charge is 0.480 e. The Kier molecular flexibility index (Phi) is 5.43. The fraction of sp³-hybridized carbons (Fsp3) is 0.571. The van der Waals surface area contributed by atoms with Gasteiger partial charge in [0.2, 0.25) is 0 Å². The molecule has 1 aliphatic heterocycles. The maximum Gasteiger partial charge on any atom is 0.325 e. The molecule has 0 aliphatic carbocycles. The first-order valence-corrected chi connectivity index (χ1v) is 9.61. The number of piperidine rings is 1.